The number of dihydropyridines is 1. The normalized spacial score (nSPS) is 20.8. The third-order valence-electron chi connectivity index (χ3n) is 6.71. The summed E-state index contributed by atoms with van der Waals surface area (Å²) in [7, 11) is 0. The molecule has 1 aliphatic carbocycles. The number of nitriles is 1. The van der Waals surface area contributed by atoms with Gasteiger partial charge in [-0.15, -0.1) is 0 Å². The number of nitrogens with one attached hydrogen (secondary N) is 2. The van der Waals surface area contributed by atoms with Gasteiger partial charge in [0, 0.05) is 45.1 Å². The van der Waals surface area contributed by atoms with E-state index in [2.05, 4.69) is 21.4 Å². The number of carbonyl (C=O) groups is 1. The summed E-state index contributed by atoms with van der Waals surface area (Å²) in [5.41, 5.74) is 3.21. The Hall–Kier alpha value is -3.57. The van der Waals surface area contributed by atoms with E-state index in [9.17, 15) is 9.59 Å². The average molecular weight is 445 g/mol. The van der Waals surface area contributed by atoms with Crippen molar-refractivity contribution in [3.05, 3.63) is 69.8 Å². The summed E-state index contributed by atoms with van der Waals surface area (Å²) < 4.78 is 1.50. The highest BCUT2D eigenvalue weighted by Gasteiger charge is 2.28. The molecule has 1 aromatic heterocycles. The average Bonchev–Trinajstić information content (AvgIpc) is 3.58. The van der Waals surface area contributed by atoms with E-state index < -0.39 is 6.17 Å². The fraction of sp³-hybridized carbons (Fsp3) is 0.400. The van der Waals surface area contributed by atoms with Crippen molar-refractivity contribution in [1.82, 2.24) is 24.9 Å². The van der Waals surface area contributed by atoms with Crippen LogP contribution in [0.15, 0.2) is 53.1 Å². The monoisotopic (exact) mass is 444 g/mol. The number of rotatable bonds is 5. The van der Waals surface area contributed by atoms with E-state index >= 15 is 0 Å². The molecule has 1 atom stereocenters. The molecule has 0 radical (unpaired) electrons. The van der Waals surface area contributed by atoms with Crippen LogP contribution in [0.2, 0.25) is 0 Å². The standard InChI is InChI=1S/C25H28N6O2/c1-17-12-19(13-26)4-6-21(17)22-15-28-31(25(22)33)23-7-5-20(14-27-23)24(32)30-10-8-29(9-11-30)16-18-2-3-18/h4-7,12,14-15,18,23,27-28H,2-3,8-11,16H2,1H3. The van der Waals surface area contributed by atoms with Crippen LogP contribution in [0.4, 0.5) is 0 Å². The van der Waals surface area contributed by atoms with E-state index in [4.69, 9.17) is 5.26 Å². The Morgan fingerprint density at radius 3 is 2.61 bits per heavy atom. The summed E-state index contributed by atoms with van der Waals surface area (Å²) in [6, 6.07) is 7.40. The third kappa shape index (κ3) is 4.37. The predicted molar refractivity (Wildman–Crippen MR) is 125 cm³/mol. The highest BCUT2D eigenvalue weighted by Crippen LogP contribution is 2.30. The highest BCUT2D eigenvalue weighted by molar-refractivity contribution is 5.96. The number of hydrogen-bond acceptors (Lipinski definition) is 5. The maximum atomic E-state index is 13.0. The molecule has 170 valence electrons. The van der Waals surface area contributed by atoms with Crippen LogP contribution in [-0.2, 0) is 4.79 Å². The van der Waals surface area contributed by atoms with Gasteiger partial charge < -0.3 is 10.2 Å². The zero-order valence-electron chi connectivity index (χ0n) is 18.8. The lowest BCUT2D eigenvalue weighted by Crippen LogP contribution is -2.49. The molecule has 2 fully saturated rings. The van der Waals surface area contributed by atoms with Crippen molar-refractivity contribution in [2.45, 2.75) is 25.9 Å². The molecule has 2 aliphatic heterocycles. The molecule has 1 aromatic carbocycles. The zero-order chi connectivity index (χ0) is 22.9. The van der Waals surface area contributed by atoms with Gasteiger partial charge >= 0.3 is 0 Å². The highest BCUT2D eigenvalue weighted by atomic mass is 16.2. The Kier molecular flexibility index (Phi) is 5.65. The molecule has 1 saturated heterocycles. The first kappa shape index (κ1) is 21.3. The Morgan fingerprint density at radius 2 is 1.97 bits per heavy atom. The van der Waals surface area contributed by atoms with E-state index in [0.717, 1.165) is 43.2 Å². The van der Waals surface area contributed by atoms with E-state index in [1.165, 1.54) is 24.1 Å². The molecule has 5 rings (SSSR count). The SMILES string of the molecule is Cc1cc(C#N)ccc1-c1c[nH]n(C2C=CC(C(=O)N3CCN(CC4CC4)CC3)=CN2)c1=O. The Labute approximate surface area is 192 Å². The molecular weight excluding hydrogens is 416 g/mol. The van der Waals surface area contributed by atoms with E-state index in [-0.39, 0.29) is 11.5 Å². The van der Waals surface area contributed by atoms with Crippen LogP contribution in [0.3, 0.4) is 0 Å². The third-order valence-corrected chi connectivity index (χ3v) is 6.71. The summed E-state index contributed by atoms with van der Waals surface area (Å²) in [5, 5.41) is 15.3. The number of carbonyl (C=O) groups excluding carboxylic acids is 1. The number of hydrogen-bond donors (Lipinski definition) is 2. The van der Waals surface area contributed by atoms with Gasteiger partial charge in [0.05, 0.1) is 22.8 Å². The summed E-state index contributed by atoms with van der Waals surface area (Å²) in [5.74, 6) is 0.895. The minimum Gasteiger partial charge on any atom is -0.366 e. The van der Waals surface area contributed by atoms with E-state index in [0.29, 0.717) is 16.7 Å². The molecule has 3 heterocycles. The van der Waals surface area contributed by atoms with Gasteiger partial charge in [-0.1, -0.05) is 6.07 Å². The minimum atomic E-state index is -0.406. The molecule has 8 nitrogen and oxygen atoms in total. The Bertz CT molecular complexity index is 1220. The number of amides is 1. The molecule has 1 saturated carbocycles. The molecule has 1 amide bonds. The number of benzene rings is 1. The summed E-state index contributed by atoms with van der Waals surface area (Å²) in [4.78, 5) is 30.3. The zero-order valence-corrected chi connectivity index (χ0v) is 18.8. The molecular formula is C25H28N6O2. The van der Waals surface area contributed by atoms with Gasteiger partial charge in [0.1, 0.15) is 6.17 Å². The quantitative estimate of drug-likeness (QED) is 0.736. The number of nitrogens with zero attached hydrogens (tertiary/aromatic N) is 4. The molecule has 2 aromatic rings. The first-order chi connectivity index (χ1) is 16.0. The van der Waals surface area contributed by atoms with Gasteiger partial charge in [0.25, 0.3) is 11.5 Å². The van der Waals surface area contributed by atoms with Gasteiger partial charge in [-0.3, -0.25) is 19.6 Å². The number of aromatic amines is 1. The predicted octanol–water partition coefficient (Wildman–Crippen LogP) is 2.12. The van der Waals surface area contributed by atoms with Gasteiger partial charge in [-0.2, -0.15) is 5.26 Å². The topological polar surface area (TPSA) is 97.2 Å². The van der Waals surface area contributed by atoms with Gasteiger partial charge in [-0.25, -0.2) is 4.68 Å². The lowest BCUT2D eigenvalue weighted by molar-refractivity contribution is -0.128. The number of H-pyrrole nitrogens is 1. The largest absolute Gasteiger partial charge is 0.366 e. The molecule has 0 spiro atoms. The maximum absolute atomic E-state index is 13.0. The van der Waals surface area contributed by atoms with Crippen LogP contribution in [-0.4, -0.2) is 58.2 Å². The lowest BCUT2D eigenvalue weighted by atomic mass is 10.0. The fourth-order valence-electron chi connectivity index (χ4n) is 4.57. The van der Waals surface area contributed by atoms with Crippen LogP contribution < -0.4 is 10.9 Å². The Balaban J connectivity index is 1.23. The maximum Gasteiger partial charge on any atom is 0.276 e. The van der Waals surface area contributed by atoms with Crippen molar-refractivity contribution in [3.63, 3.8) is 0 Å². The van der Waals surface area contributed by atoms with Crippen molar-refractivity contribution in [2.24, 2.45) is 5.92 Å². The molecule has 8 heteroatoms. The van der Waals surface area contributed by atoms with Crippen molar-refractivity contribution < 1.29 is 4.79 Å². The molecule has 1 unspecified atom stereocenters. The summed E-state index contributed by atoms with van der Waals surface area (Å²) in [6.07, 6.45) is 9.28. The number of aromatic nitrogens is 2. The van der Waals surface area contributed by atoms with Crippen LogP contribution in [0.25, 0.3) is 11.1 Å². The number of aryl methyl sites for hydroxylation is 1. The van der Waals surface area contributed by atoms with Crippen molar-refractivity contribution >= 4 is 5.91 Å². The van der Waals surface area contributed by atoms with E-state index in [1.54, 1.807) is 36.7 Å². The van der Waals surface area contributed by atoms with Gasteiger partial charge in [0.15, 0.2) is 0 Å². The smallest absolute Gasteiger partial charge is 0.276 e. The second-order valence-electron chi connectivity index (χ2n) is 9.11. The summed E-state index contributed by atoms with van der Waals surface area (Å²) >= 11 is 0. The van der Waals surface area contributed by atoms with Crippen LogP contribution in [0.1, 0.15) is 30.1 Å². The Morgan fingerprint density at radius 1 is 1.18 bits per heavy atom. The van der Waals surface area contributed by atoms with Crippen molar-refractivity contribution in [3.8, 4) is 17.2 Å². The molecule has 0 bridgehead atoms. The van der Waals surface area contributed by atoms with Crippen molar-refractivity contribution in [2.75, 3.05) is 32.7 Å². The first-order valence-corrected chi connectivity index (χ1v) is 11.5. The lowest BCUT2D eigenvalue weighted by Gasteiger charge is -2.35. The second-order valence-corrected chi connectivity index (χ2v) is 9.11. The van der Waals surface area contributed by atoms with Gasteiger partial charge in [0.2, 0.25) is 0 Å². The molecule has 2 N–H and O–H groups in total. The number of piperazine rings is 1. The fourth-order valence-corrected chi connectivity index (χ4v) is 4.57. The molecule has 3 aliphatic rings. The minimum absolute atomic E-state index is 0.0241. The van der Waals surface area contributed by atoms with Crippen LogP contribution in [0, 0.1) is 24.2 Å². The first-order valence-electron chi connectivity index (χ1n) is 11.5. The second kappa shape index (κ2) is 8.75. The van der Waals surface area contributed by atoms with Crippen molar-refractivity contribution in [1.29, 1.82) is 5.26 Å². The van der Waals surface area contributed by atoms with E-state index in [1.807, 2.05) is 17.9 Å². The molecule has 33 heavy (non-hydrogen) atoms. The van der Waals surface area contributed by atoms with Gasteiger partial charge in [-0.05, 0) is 61.1 Å². The summed E-state index contributed by atoms with van der Waals surface area (Å²) in [6.45, 7) is 6.43. The van der Waals surface area contributed by atoms with Crippen LogP contribution >= 0.6 is 0 Å². The van der Waals surface area contributed by atoms with Crippen LogP contribution in [0.5, 0.6) is 0 Å².